The number of carbonyl (C=O) groups is 2. The lowest BCUT2D eigenvalue weighted by Gasteiger charge is -2.10. The largest absolute Gasteiger partial charge is 0.484 e. The first-order chi connectivity index (χ1) is 9.02. The normalized spacial score (nSPS) is 10.1. The molecule has 0 spiro atoms. The highest BCUT2D eigenvalue weighted by Crippen LogP contribution is 2.17. The summed E-state index contributed by atoms with van der Waals surface area (Å²) in [5.74, 6) is 0.243. The molecule has 0 aliphatic rings. The second kappa shape index (κ2) is 7.41. The number of carbonyl (C=O) groups excluding carboxylic acids is 2. The SMILES string of the molecule is CCNC(=O)COc1cccc(NC(=O)C(C)C)c1. The summed E-state index contributed by atoms with van der Waals surface area (Å²) in [5, 5.41) is 5.42. The number of benzene rings is 1. The van der Waals surface area contributed by atoms with Crippen molar-refractivity contribution in [1.82, 2.24) is 5.32 Å². The van der Waals surface area contributed by atoms with Gasteiger partial charge in [-0.1, -0.05) is 19.9 Å². The molecule has 1 rings (SSSR count). The Morgan fingerprint density at radius 2 is 2.05 bits per heavy atom. The van der Waals surface area contributed by atoms with E-state index in [9.17, 15) is 9.59 Å². The van der Waals surface area contributed by atoms with Crippen LogP contribution in [0.1, 0.15) is 20.8 Å². The molecule has 1 aromatic rings. The summed E-state index contributed by atoms with van der Waals surface area (Å²) < 4.78 is 5.34. The molecule has 1 aromatic carbocycles. The van der Waals surface area contributed by atoms with Crippen LogP contribution in [0.2, 0.25) is 0 Å². The van der Waals surface area contributed by atoms with Crippen LogP contribution in [0.15, 0.2) is 24.3 Å². The predicted octanol–water partition coefficient (Wildman–Crippen LogP) is 1.80. The first-order valence-corrected chi connectivity index (χ1v) is 6.33. The van der Waals surface area contributed by atoms with E-state index < -0.39 is 0 Å². The number of hydrogen-bond acceptors (Lipinski definition) is 3. The van der Waals surface area contributed by atoms with E-state index in [2.05, 4.69) is 10.6 Å². The van der Waals surface area contributed by atoms with Gasteiger partial charge < -0.3 is 15.4 Å². The average molecular weight is 264 g/mol. The molecule has 0 aliphatic heterocycles. The summed E-state index contributed by atoms with van der Waals surface area (Å²) in [6, 6.07) is 6.98. The van der Waals surface area contributed by atoms with Crippen LogP contribution in [-0.2, 0) is 9.59 Å². The van der Waals surface area contributed by atoms with E-state index in [0.717, 1.165) is 0 Å². The Labute approximate surface area is 113 Å². The number of likely N-dealkylation sites (N-methyl/N-ethyl adjacent to an activating group) is 1. The maximum Gasteiger partial charge on any atom is 0.257 e. The zero-order valence-electron chi connectivity index (χ0n) is 11.5. The van der Waals surface area contributed by atoms with Crippen LogP contribution in [0.25, 0.3) is 0 Å². The third-order valence-electron chi connectivity index (χ3n) is 2.37. The molecule has 0 atom stereocenters. The molecule has 2 amide bonds. The van der Waals surface area contributed by atoms with Gasteiger partial charge in [0, 0.05) is 24.2 Å². The summed E-state index contributed by atoms with van der Waals surface area (Å²) in [4.78, 5) is 22.8. The van der Waals surface area contributed by atoms with Gasteiger partial charge in [-0.05, 0) is 19.1 Å². The second-order valence-corrected chi connectivity index (χ2v) is 4.41. The molecule has 0 aliphatic carbocycles. The maximum atomic E-state index is 11.6. The molecule has 19 heavy (non-hydrogen) atoms. The molecule has 0 bridgehead atoms. The van der Waals surface area contributed by atoms with E-state index in [1.165, 1.54) is 0 Å². The quantitative estimate of drug-likeness (QED) is 0.823. The number of nitrogens with one attached hydrogen (secondary N) is 2. The fourth-order valence-electron chi connectivity index (χ4n) is 1.35. The summed E-state index contributed by atoms with van der Waals surface area (Å²) in [6.45, 7) is 6.04. The fourth-order valence-corrected chi connectivity index (χ4v) is 1.35. The van der Waals surface area contributed by atoms with Gasteiger partial charge in [0.1, 0.15) is 5.75 Å². The highest BCUT2D eigenvalue weighted by Gasteiger charge is 2.08. The molecular weight excluding hydrogens is 244 g/mol. The van der Waals surface area contributed by atoms with Crippen LogP contribution in [0.3, 0.4) is 0 Å². The van der Waals surface area contributed by atoms with Crippen molar-refractivity contribution in [3.05, 3.63) is 24.3 Å². The van der Waals surface area contributed by atoms with Gasteiger partial charge in [-0.2, -0.15) is 0 Å². The lowest BCUT2D eigenvalue weighted by molar-refractivity contribution is -0.123. The number of ether oxygens (including phenoxy) is 1. The molecule has 0 aromatic heterocycles. The van der Waals surface area contributed by atoms with Gasteiger partial charge in [0.2, 0.25) is 5.91 Å². The van der Waals surface area contributed by atoms with Crippen molar-refractivity contribution in [2.45, 2.75) is 20.8 Å². The smallest absolute Gasteiger partial charge is 0.257 e. The Hall–Kier alpha value is -2.04. The molecule has 104 valence electrons. The standard InChI is InChI=1S/C14H20N2O3/c1-4-15-13(17)9-19-12-7-5-6-11(8-12)16-14(18)10(2)3/h5-8,10H,4,9H2,1-3H3,(H,15,17)(H,16,18). The van der Waals surface area contributed by atoms with Crippen molar-refractivity contribution in [3.63, 3.8) is 0 Å². The molecule has 0 saturated carbocycles. The molecule has 0 unspecified atom stereocenters. The number of rotatable bonds is 6. The molecular formula is C14H20N2O3. The third kappa shape index (κ3) is 5.42. The second-order valence-electron chi connectivity index (χ2n) is 4.41. The van der Waals surface area contributed by atoms with Gasteiger partial charge in [-0.25, -0.2) is 0 Å². The van der Waals surface area contributed by atoms with Crippen LogP contribution in [0.4, 0.5) is 5.69 Å². The van der Waals surface area contributed by atoms with Gasteiger partial charge in [-0.3, -0.25) is 9.59 Å². The Bertz CT molecular complexity index is 444. The van der Waals surface area contributed by atoms with Crippen LogP contribution in [0.5, 0.6) is 5.75 Å². The Morgan fingerprint density at radius 1 is 1.32 bits per heavy atom. The topological polar surface area (TPSA) is 67.4 Å². The lowest BCUT2D eigenvalue weighted by atomic mass is 10.2. The van der Waals surface area contributed by atoms with Gasteiger partial charge in [0.15, 0.2) is 6.61 Å². The van der Waals surface area contributed by atoms with Crippen LogP contribution >= 0.6 is 0 Å². The minimum Gasteiger partial charge on any atom is -0.484 e. The van der Waals surface area contributed by atoms with Gasteiger partial charge >= 0.3 is 0 Å². The average Bonchev–Trinajstić information content (AvgIpc) is 2.37. The number of anilines is 1. The zero-order chi connectivity index (χ0) is 14.3. The third-order valence-corrected chi connectivity index (χ3v) is 2.37. The maximum absolute atomic E-state index is 11.6. The van der Waals surface area contributed by atoms with Gasteiger partial charge in [0.25, 0.3) is 5.91 Å². The molecule has 0 fully saturated rings. The van der Waals surface area contributed by atoms with E-state index in [-0.39, 0.29) is 24.3 Å². The van der Waals surface area contributed by atoms with E-state index in [1.807, 2.05) is 20.8 Å². The van der Waals surface area contributed by atoms with Crippen molar-refractivity contribution >= 4 is 17.5 Å². The minimum atomic E-state index is -0.167. The summed E-state index contributed by atoms with van der Waals surface area (Å²) in [6.07, 6.45) is 0. The fraction of sp³-hybridized carbons (Fsp3) is 0.429. The van der Waals surface area contributed by atoms with Crippen molar-refractivity contribution in [1.29, 1.82) is 0 Å². The van der Waals surface area contributed by atoms with Gasteiger partial charge in [-0.15, -0.1) is 0 Å². The lowest BCUT2D eigenvalue weighted by Crippen LogP contribution is -2.28. The van der Waals surface area contributed by atoms with E-state index in [1.54, 1.807) is 24.3 Å². The zero-order valence-corrected chi connectivity index (χ0v) is 11.5. The van der Waals surface area contributed by atoms with Crippen molar-refractivity contribution in [3.8, 4) is 5.75 Å². The van der Waals surface area contributed by atoms with Gasteiger partial charge in [0.05, 0.1) is 0 Å². The summed E-state index contributed by atoms with van der Waals surface area (Å²) >= 11 is 0. The first-order valence-electron chi connectivity index (χ1n) is 6.33. The van der Waals surface area contributed by atoms with Crippen molar-refractivity contribution < 1.29 is 14.3 Å². The number of hydrogen-bond donors (Lipinski definition) is 2. The van der Waals surface area contributed by atoms with Crippen molar-refractivity contribution in [2.75, 3.05) is 18.5 Å². The molecule has 2 N–H and O–H groups in total. The van der Waals surface area contributed by atoms with E-state index in [4.69, 9.17) is 4.74 Å². The molecule has 0 saturated heterocycles. The highest BCUT2D eigenvalue weighted by molar-refractivity contribution is 5.92. The summed E-state index contributed by atoms with van der Waals surface area (Å²) in [5.41, 5.74) is 0.659. The predicted molar refractivity (Wildman–Crippen MR) is 74.1 cm³/mol. The Morgan fingerprint density at radius 3 is 2.68 bits per heavy atom. The Kier molecular flexibility index (Phi) is 5.85. The highest BCUT2D eigenvalue weighted by atomic mass is 16.5. The van der Waals surface area contributed by atoms with Crippen molar-refractivity contribution in [2.24, 2.45) is 5.92 Å². The number of amides is 2. The van der Waals surface area contributed by atoms with E-state index in [0.29, 0.717) is 18.0 Å². The first kappa shape index (κ1) is 15.0. The molecule has 5 nitrogen and oxygen atoms in total. The molecule has 0 heterocycles. The van der Waals surface area contributed by atoms with Crippen LogP contribution in [0, 0.1) is 5.92 Å². The van der Waals surface area contributed by atoms with E-state index >= 15 is 0 Å². The van der Waals surface area contributed by atoms with Crippen LogP contribution in [-0.4, -0.2) is 25.0 Å². The minimum absolute atomic E-state index is 0.0323. The summed E-state index contributed by atoms with van der Waals surface area (Å²) in [7, 11) is 0. The van der Waals surface area contributed by atoms with Crippen LogP contribution < -0.4 is 15.4 Å². The molecule has 0 radical (unpaired) electrons. The Balaban J connectivity index is 2.57. The monoisotopic (exact) mass is 264 g/mol. The molecule has 5 heteroatoms.